The zero-order valence-corrected chi connectivity index (χ0v) is 34.8. The van der Waals surface area contributed by atoms with Gasteiger partial charge in [-0.25, -0.2) is 0 Å². The molecule has 0 atom stereocenters. The van der Waals surface area contributed by atoms with E-state index in [4.69, 9.17) is 0 Å². The van der Waals surface area contributed by atoms with Crippen molar-refractivity contribution in [1.29, 1.82) is 0 Å². The Morgan fingerprint density at radius 2 is 0.806 bits per heavy atom. The molecular weight excluding hydrogens is 749 g/mol. The molecule has 2 heteroatoms. The molecule has 0 amide bonds. The van der Waals surface area contributed by atoms with E-state index in [0.717, 1.165) is 42.7 Å². The number of rotatable bonds is 11. The van der Waals surface area contributed by atoms with Crippen molar-refractivity contribution in [3.63, 3.8) is 0 Å². The minimum atomic E-state index is 0.979. The van der Waals surface area contributed by atoms with Crippen molar-refractivity contribution in [2.24, 2.45) is 0 Å². The average molecular weight is 797 g/mol. The summed E-state index contributed by atoms with van der Waals surface area (Å²) in [6, 6.07) is 74.9. The first-order chi connectivity index (χ1) is 30.8. The van der Waals surface area contributed by atoms with Crippen LogP contribution in [0.25, 0.3) is 55.6 Å². The van der Waals surface area contributed by atoms with Gasteiger partial charge in [0, 0.05) is 33.9 Å². The van der Waals surface area contributed by atoms with Crippen molar-refractivity contribution in [3.05, 3.63) is 254 Å². The van der Waals surface area contributed by atoms with E-state index in [1.807, 2.05) is 0 Å². The number of anilines is 4. The molecule has 298 valence electrons. The van der Waals surface area contributed by atoms with Crippen LogP contribution in [-0.2, 0) is 0 Å². The maximum absolute atomic E-state index is 2.45. The van der Waals surface area contributed by atoms with Crippen LogP contribution in [0.4, 0.5) is 22.7 Å². The summed E-state index contributed by atoms with van der Waals surface area (Å²) in [5, 5.41) is 0. The summed E-state index contributed by atoms with van der Waals surface area (Å²) in [4.78, 5) is 4.87. The van der Waals surface area contributed by atoms with Crippen molar-refractivity contribution >= 4 is 22.7 Å². The van der Waals surface area contributed by atoms with E-state index in [9.17, 15) is 0 Å². The second-order valence-electron chi connectivity index (χ2n) is 15.9. The van der Waals surface area contributed by atoms with Gasteiger partial charge >= 0.3 is 0 Å². The molecule has 62 heavy (non-hydrogen) atoms. The van der Waals surface area contributed by atoms with E-state index in [-0.39, 0.29) is 0 Å². The molecule has 0 fully saturated rings. The summed E-state index contributed by atoms with van der Waals surface area (Å²) >= 11 is 0. The largest absolute Gasteiger partial charge is 0.314 e. The van der Waals surface area contributed by atoms with E-state index in [2.05, 4.69) is 253 Å². The van der Waals surface area contributed by atoms with E-state index in [1.165, 1.54) is 72.7 Å². The van der Waals surface area contributed by atoms with Gasteiger partial charge in [0.05, 0.1) is 11.4 Å². The lowest BCUT2D eigenvalue weighted by Gasteiger charge is -2.31. The van der Waals surface area contributed by atoms with Crippen LogP contribution in [0.5, 0.6) is 0 Å². The van der Waals surface area contributed by atoms with Crippen molar-refractivity contribution in [2.45, 2.75) is 25.7 Å². The number of allylic oxidation sites excluding steroid dienone is 7. The molecule has 0 aliphatic heterocycles. The van der Waals surface area contributed by atoms with Gasteiger partial charge in [-0.2, -0.15) is 0 Å². The second kappa shape index (κ2) is 17.9. The molecule has 0 N–H and O–H groups in total. The normalized spacial score (nSPS) is 13.3. The Kier molecular flexibility index (Phi) is 11.1. The standard InChI is InChI=1S/C60H48N2/c1-5-18-45(19-6-1)47-36-40-55(41-37-47)61(53-24-9-3-10-25-53)59-30-15-13-28-57(59)49-32-34-50(35-33-49)58-29-14-16-31-60(58)62(54-26-11-4-12-27-54)56-42-38-48(39-43-56)52-23-17-22-51(44-52)46-20-7-2-8-21-46/h1-3,5-9,11,13-24,26-44H,4,10,12,25H2. The zero-order chi connectivity index (χ0) is 41.5. The van der Waals surface area contributed by atoms with Gasteiger partial charge in [-0.05, 0) is 125 Å². The molecule has 8 aromatic carbocycles. The molecule has 0 spiro atoms. The van der Waals surface area contributed by atoms with Crippen LogP contribution >= 0.6 is 0 Å². The van der Waals surface area contributed by atoms with Gasteiger partial charge in [0.1, 0.15) is 0 Å². The summed E-state index contributed by atoms with van der Waals surface area (Å²) in [7, 11) is 0. The minimum absolute atomic E-state index is 0.979. The third-order valence-electron chi connectivity index (χ3n) is 12.0. The Morgan fingerprint density at radius 3 is 1.35 bits per heavy atom. The molecule has 2 aliphatic rings. The van der Waals surface area contributed by atoms with E-state index in [1.54, 1.807) is 0 Å². The van der Waals surface area contributed by atoms with Gasteiger partial charge in [-0.3, -0.25) is 0 Å². The lowest BCUT2D eigenvalue weighted by molar-refractivity contribution is 0.918. The number of nitrogens with zero attached hydrogens (tertiary/aromatic N) is 2. The van der Waals surface area contributed by atoms with Gasteiger partial charge in [0.25, 0.3) is 0 Å². The van der Waals surface area contributed by atoms with Gasteiger partial charge in [0.2, 0.25) is 0 Å². The van der Waals surface area contributed by atoms with Gasteiger partial charge in [-0.15, -0.1) is 0 Å². The van der Waals surface area contributed by atoms with Crippen LogP contribution in [-0.4, -0.2) is 0 Å². The lowest BCUT2D eigenvalue weighted by atomic mass is 9.96. The van der Waals surface area contributed by atoms with Crippen molar-refractivity contribution < 1.29 is 0 Å². The van der Waals surface area contributed by atoms with Crippen molar-refractivity contribution in [3.8, 4) is 55.6 Å². The molecule has 0 aromatic heterocycles. The summed E-state index contributed by atoms with van der Waals surface area (Å²) in [6.07, 6.45) is 17.7. The summed E-state index contributed by atoms with van der Waals surface area (Å²) < 4.78 is 0. The summed E-state index contributed by atoms with van der Waals surface area (Å²) in [5.74, 6) is 0. The van der Waals surface area contributed by atoms with Crippen LogP contribution in [0.2, 0.25) is 0 Å². The van der Waals surface area contributed by atoms with Crippen molar-refractivity contribution in [1.82, 2.24) is 0 Å². The molecule has 2 aliphatic carbocycles. The first kappa shape index (κ1) is 38.5. The van der Waals surface area contributed by atoms with E-state index < -0.39 is 0 Å². The molecule has 2 nitrogen and oxygen atoms in total. The van der Waals surface area contributed by atoms with E-state index in [0.29, 0.717) is 0 Å². The van der Waals surface area contributed by atoms with Crippen LogP contribution in [0.15, 0.2) is 254 Å². The number of hydrogen-bond acceptors (Lipinski definition) is 2. The highest BCUT2D eigenvalue weighted by Gasteiger charge is 2.21. The molecule has 0 unspecified atom stereocenters. The fraction of sp³-hybridized carbons (Fsp3) is 0.0667. The maximum atomic E-state index is 2.45. The minimum Gasteiger partial charge on any atom is -0.314 e. The van der Waals surface area contributed by atoms with Gasteiger partial charge in [-0.1, -0.05) is 188 Å². The Hall–Kier alpha value is -7.68. The lowest BCUT2D eigenvalue weighted by Crippen LogP contribution is -2.18. The number of benzene rings is 8. The Bertz CT molecular complexity index is 2920. The van der Waals surface area contributed by atoms with Crippen molar-refractivity contribution in [2.75, 3.05) is 9.80 Å². The Labute approximate surface area is 366 Å². The van der Waals surface area contributed by atoms with Crippen LogP contribution < -0.4 is 9.80 Å². The monoisotopic (exact) mass is 796 g/mol. The first-order valence-electron chi connectivity index (χ1n) is 21.8. The molecule has 0 heterocycles. The molecule has 0 radical (unpaired) electrons. The second-order valence-corrected chi connectivity index (χ2v) is 15.9. The number of hydrogen-bond donors (Lipinski definition) is 0. The highest BCUT2D eigenvalue weighted by molar-refractivity contribution is 5.89. The van der Waals surface area contributed by atoms with Crippen LogP contribution in [0, 0.1) is 0 Å². The predicted octanol–water partition coefficient (Wildman–Crippen LogP) is 16.8. The van der Waals surface area contributed by atoms with Crippen LogP contribution in [0.1, 0.15) is 25.7 Å². The smallest absolute Gasteiger partial charge is 0.0539 e. The molecule has 10 rings (SSSR count). The third-order valence-corrected chi connectivity index (χ3v) is 12.0. The van der Waals surface area contributed by atoms with Gasteiger partial charge < -0.3 is 9.80 Å². The fourth-order valence-corrected chi connectivity index (χ4v) is 8.83. The number of para-hydroxylation sites is 2. The molecule has 0 bridgehead atoms. The SMILES string of the molecule is C1=CCCC(N(c2ccc(-c3ccccc3)cc2)c2ccccc2-c2ccc(-c3ccccc3N(C3=CCCC=C3)c3ccc(-c4cccc(-c5ccccc5)c4)cc3)cc2)=C1. The summed E-state index contributed by atoms with van der Waals surface area (Å²) in [5.41, 5.74) is 19.1. The molecule has 0 saturated heterocycles. The third kappa shape index (κ3) is 8.11. The Morgan fingerprint density at radius 1 is 0.339 bits per heavy atom. The predicted molar refractivity (Wildman–Crippen MR) is 264 cm³/mol. The molecule has 0 saturated carbocycles. The molecular formula is C60H48N2. The highest BCUT2D eigenvalue weighted by Crippen LogP contribution is 2.43. The van der Waals surface area contributed by atoms with E-state index >= 15 is 0 Å². The topological polar surface area (TPSA) is 6.48 Å². The zero-order valence-electron chi connectivity index (χ0n) is 34.8. The average Bonchev–Trinajstić information content (AvgIpc) is 3.36. The molecule has 8 aromatic rings. The summed E-state index contributed by atoms with van der Waals surface area (Å²) in [6.45, 7) is 0. The highest BCUT2D eigenvalue weighted by atomic mass is 15.2. The Balaban J connectivity index is 0.986. The first-order valence-corrected chi connectivity index (χ1v) is 21.8. The quantitative estimate of drug-likeness (QED) is 0.129. The fourth-order valence-electron chi connectivity index (χ4n) is 8.83. The van der Waals surface area contributed by atoms with Crippen LogP contribution in [0.3, 0.4) is 0 Å². The van der Waals surface area contributed by atoms with Gasteiger partial charge in [0.15, 0.2) is 0 Å². The maximum Gasteiger partial charge on any atom is 0.0539 e.